The summed E-state index contributed by atoms with van der Waals surface area (Å²) in [6.45, 7) is 5.47. The van der Waals surface area contributed by atoms with Gasteiger partial charge in [0.1, 0.15) is 12.4 Å². The Morgan fingerprint density at radius 2 is 1.83 bits per heavy atom. The number of anilines is 1. The number of morpholine rings is 1. The lowest BCUT2D eigenvalue weighted by atomic mass is 10.0. The molecule has 11 heteroatoms. The third kappa shape index (κ3) is 4.50. The molecule has 1 saturated heterocycles. The number of hydrogen-bond acceptors (Lipinski definition) is 7. The number of benzene rings is 2. The molecule has 1 fully saturated rings. The van der Waals surface area contributed by atoms with Crippen LogP contribution >= 0.6 is 0 Å². The summed E-state index contributed by atoms with van der Waals surface area (Å²) in [5, 5.41) is 12.8. The molecule has 0 aliphatic carbocycles. The van der Waals surface area contributed by atoms with Crippen molar-refractivity contribution in [3.63, 3.8) is 0 Å². The van der Waals surface area contributed by atoms with Crippen LogP contribution in [0.5, 0.6) is 11.5 Å². The van der Waals surface area contributed by atoms with Crippen molar-refractivity contribution >= 4 is 22.5 Å². The number of nitrogens with zero attached hydrogens (tertiary/aromatic N) is 3. The summed E-state index contributed by atoms with van der Waals surface area (Å²) in [7, 11) is 0. The summed E-state index contributed by atoms with van der Waals surface area (Å²) in [4.78, 5) is 14.6. The standard InChI is InChI=1S/C25H25F3N4O4/c1-13(15-4-3-5-16(22(15)26)23(27)28)29-24-18-11-19-20(10-17(18)14(2)30-31-24)36-21(12-35-19)25(33)32-6-8-34-9-7-32/h3-5,10-11,13,21,23H,6-9,12H2,1-2H3,(H,29,31). The van der Waals surface area contributed by atoms with Crippen LogP contribution in [0.2, 0.25) is 0 Å². The van der Waals surface area contributed by atoms with Gasteiger partial charge in [0.05, 0.1) is 30.5 Å². The van der Waals surface area contributed by atoms with Crippen molar-refractivity contribution < 1.29 is 32.2 Å². The molecule has 190 valence electrons. The van der Waals surface area contributed by atoms with E-state index in [1.54, 1.807) is 30.9 Å². The highest BCUT2D eigenvalue weighted by Gasteiger charge is 2.32. The average molecular weight is 502 g/mol. The smallest absolute Gasteiger partial charge is 0.267 e. The minimum atomic E-state index is -2.92. The van der Waals surface area contributed by atoms with Gasteiger partial charge in [-0.3, -0.25) is 4.79 Å². The number of alkyl halides is 2. The number of fused-ring (bicyclic) bond motifs is 2. The van der Waals surface area contributed by atoms with Gasteiger partial charge in [-0.05, 0) is 26.0 Å². The van der Waals surface area contributed by atoms with E-state index in [0.717, 1.165) is 6.07 Å². The number of halogens is 3. The Morgan fingerprint density at radius 3 is 2.58 bits per heavy atom. The maximum atomic E-state index is 14.7. The molecular weight excluding hydrogens is 477 g/mol. The molecule has 3 aromatic rings. The molecule has 0 bridgehead atoms. The van der Waals surface area contributed by atoms with Gasteiger partial charge in [0.25, 0.3) is 12.3 Å². The monoisotopic (exact) mass is 502 g/mol. The Bertz CT molecular complexity index is 1300. The predicted octanol–water partition coefficient (Wildman–Crippen LogP) is 4.19. The topological polar surface area (TPSA) is 85.8 Å². The molecular formula is C25H25F3N4O4. The SMILES string of the molecule is Cc1nnc(NC(C)c2cccc(C(F)F)c2F)c2cc3c(cc12)OC(C(=O)N1CCOCC1)CO3. The number of carbonyl (C=O) groups excluding carboxylic acids is 1. The maximum absolute atomic E-state index is 14.7. The van der Waals surface area contributed by atoms with Crippen LogP contribution in [-0.2, 0) is 9.53 Å². The minimum absolute atomic E-state index is 0.0526. The molecule has 3 heterocycles. The number of nitrogens with one attached hydrogen (secondary N) is 1. The number of carbonyl (C=O) groups is 1. The van der Waals surface area contributed by atoms with E-state index in [9.17, 15) is 18.0 Å². The van der Waals surface area contributed by atoms with E-state index in [1.807, 2.05) is 0 Å². The molecule has 36 heavy (non-hydrogen) atoms. The second-order valence-corrected chi connectivity index (χ2v) is 8.75. The van der Waals surface area contributed by atoms with Gasteiger partial charge < -0.3 is 24.4 Å². The van der Waals surface area contributed by atoms with Crippen molar-refractivity contribution in [2.75, 3.05) is 38.2 Å². The van der Waals surface area contributed by atoms with Crippen molar-refractivity contribution in [2.45, 2.75) is 32.4 Å². The molecule has 2 aliphatic rings. The minimum Gasteiger partial charge on any atom is -0.485 e. The van der Waals surface area contributed by atoms with E-state index in [4.69, 9.17) is 14.2 Å². The number of aromatic nitrogens is 2. The first-order valence-corrected chi connectivity index (χ1v) is 11.6. The lowest BCUT2D eigenvalue weighted by Crippen LogP contribution is -2.50. The first-order chi connectivity index (χ1) is 17.3. The summed E-state index contributed by atoms with van der Waals surface area (Å²) in [6, 6.07) is 6.70. The highest BCUT2D eigenvalue weighted by atomic mass is 19.3. The lowest BCUT2D eigenvalue weighted by molar-refractivity contribution is -0.145. The summed E-state index contributed by atoms with van der Waals surface area (Å²) >= 11 is 0. The molecule has 2 aliphatic heterocycles. The number of aryl methyl sites for hydroxylation is 1. The van der Waals surface area contributed by atoms with Crippen LogP contribution in [0.15, 0.2) is 30.3 Å². The maximum Gasteiger partial charge on any atom is 0.267 e. The number of hydrogen-bond donors (Lipinski definition) is 1. The normalized spacial score (nSPS) is 18.4. The van der Waals surface area contributed by atoms with Crippen LogP contribution < -0.4 is 14.8 Å². The zero-order chi connectivity index (χ0) is 25.4. The van der Waals surface area contributed by atoms with E-state index in [0.29, 0.717) is 60.1 Å². The first kappa shape index (κ1) is 24.1. The van der Waals surface area contributed by atoms with Crippen LogP contribution in [0.25, 0.3) is 10.8 Å². The number of ether oxygens (including phenoxy) is 3. The summed E-state index contributed by atoms with van der Waals surface area (Å²) in [5.74, 6) is 0.0661. The zero-order valence-electron chi connectivity index (χ0n) is 19.8. The molecule has 0 radical (unpaired) electrons. The van der Waals surface area contributed by atoms with Gasteiger partial charge in [-0.2, -0.15) is 5.10 Å². The first-order valence-electron chi connectivity index (χ1n) is 11.6. The Hall–Kier alpha value is -3.60. The van der Waals surface area contributed by atoms with Gasteiger partial charge in [0, 0.05) is 29.4 Å². The summed E-state index contributed by atoms with van der Waals surface area (Å²) in [6.07, 6.45) is -3.69. The highest BCUT2D eigenvalue weighted by molar-refractivity contribution is 5.96. The molecule has 5 rings (SSSR count). The Balaban J connectivity index is 1.42. The molecule has 8 nitrogen and oxygen atoms in total. The van der Waals surface area contributed by atoms with Gasteiger partial charge in [0.2, 0.25) is 6.10 Å². The van der Waals surface area contributed by atoms with Crippen LogP contribution in [0.4, 0.5) is 19.0 Å². The van der Waals surface area contributed by atoms with Crippen molar-refractivity contribution in [2.24, 2.45) is 0 Å². The molecule has 2 aromatic carbocycles. The van der Waals surface area contributed by atoms with E-state index in [-0.39, 0.29) is 18.1 Å². The Morgan fingerprint density at radius 1 is 1.11 bits per heavy atom. The Labute approximate surface area is 205 Å². The third-order valence-corrected chi connectivity index (χ3v) is 6.40. The average Bonchev–Trinajstić information content (AvgIpc) is 2.89. The molecule has 1 amide bonds. The Kier molecular flexibility index (Phi) is 6.57. The van der Waals surface area contributed by atoms with E-state index in [2.05, 4.69) is 15.5 Å². The van der Waals surface area contributed by atoms with Crippen LogP contribution in [0.3, 0.4) is 0 Å². The van der Waals surface area contributed by atoms with Gasteiger partial charge in [-0.1, -0.05) is 18.2 Å². The van der Waals surface area contributed by atoms with Gasteiger partial charge in [-0.15, -0.1) is 5.10 Å². The zero-order valence-corrected chi connectivity index (χ0v) is 19.8. The lowest BCUT2D eigenvalue weighted by Gasteiger charge is -2.32. The fourth-order valence-corrected chi connectivity index (χ4v) is 4.42. The van der Waals surface area contributed by atoms with Crippen molar-refractivity contribution in [3.8, 4) is 11.5 Å². The second kappa shape index (κ2) is 9.81. The van der Waals surface area contributed by atoms with E-state index < -0.39 is 30.0 Å². The summed E-state index contributed by atoms with van der Waals surface area (Å²) in [5.41, 5.74) is 0.0502. The predicted molar refractivity (Wildman–Crippen MR) is 125 cm³/mol. The van der Waals surface area contributed by atoms with Gasteiger partial charge in [0.15, 0.2) is 17.3 Å². The quantitative estimate of drug-likeness (QED) is 0.560. The van der Waals surface area contributed by atoms with Crippen molar-refractivity contribution in [3.05, 3.63) is 53.0 Å². The molecule has 1 N–H and O–H groups in total. The van der Waals surface area contributed by atoms with E-state index in [1.165, 1.54) is 12.1 Å². The van der Waals surface area contributed by atoms with Gasteiger partial charge >= 0.3 is 0 Å². The fourth-order valence-electron chi connectivity index (χ4n) is 4.42. The van der Waals surface area contributed by atoms with Crippen LogP contribution in [0.1, 0.15) is 36.2 Å². The van der Waals surface area contributed by atoms with Crippen LogP contribution in [-0.4, -0.2) is 60.0 Å². The summed E-state index contributed by atoms with van der Waals surface area (Å²) < 4.78 is 58.2. The fraction of sp³-hybridized carbons (Fsp3) is 0.400. The second-order valence-electron chi connectivity index (χ2n) is 8.75. The molecule has 0 saturated carbocycles. The van der Waals surface area contributed by atoms with E-state index >= 15 is 0 Å². The number of rotatable bonds is 5. The highest BCUT2D eigenvalue weighted by Crippen LogP contribution is 2.39. The van der Waals surface area contributed by atoms with Crippen molar-refractivity contribution in [1.82, 2.24) is 15.1 Å². The number of amides is 1. The largest absolute Gasteiger partial charge is 0.485 e. The third-order valence-electron chi connectivity index (χ3n) is 6.40. The molecule has 2 atom stereocenters. The molecule has 1 aromatic heterocycles. The molecule has 2 unspecified atom stereocenters. The van der Waals surface area contributed by atoms with Gasteiger partial charge in [-0.25, -0.2) is 13.2 Å². The van der Waals surface area contributed by atoms with Crippen molar-refractivity contribution in [1.29, 1.82) is 0 Å². The van der Waals surface area contributed by atoms with Crippen LogP contribution in [0, 0.1) is 12.7 Å². The molecule has 0 spiro atoms.